The minimum Gasteiger partial charge on any atom is -0.408 e. The molecule has 0 atom stereocenters. The third-order valence-electron chi connectivity index (χ3n) is 6.49. The molecule has 0 bridgehead atoms. The standard InChI is InChI=1S/C26H28N4O4/c1-16(2)17-6-7-18-13-21(28-20(18)12-17)25(32)27-19-8-9-23-22(14-19)30(26(33)34-23)15-24(31)29-10-4-3-5-11-29/h6-9,12-14,16,28H,3-5,10-11,15H2,1-2H3,(H,27,32). The molecule has 1 aliphatic heterocycles. The molecule has 0 aliphatic carbocycles. The SMILES string of the molecule is CC(C)c1ccc2cc(C(=O)Nc3ccc4oc(=O)n(CC(=O)N5CCCCC5)c4c3)[nH]c2c1. The summed E-state index contributed by atoms with van der Waals surface area (Å²) in [5, 5.41) is 3.84. The van der Waals surface area contributed by atoms with Gasteiger partial charge in [0.05, 0.1) is 5.52 Å². The Morgan fingerprint density at radius 3 is 2.62 bits per heavy atom. The topological polar surface area (TPSA) is 100 Å². The van der Waals surface area contributed by atoms with Crippen LogP contribution in [0.3, 0.4) is 0 Å². The fourth-order valence-electron chi connectivity index (χ4n) is 4.49. The molecular weight excluding hydrogens is 432 g/mol. The van der Waals surface area contributed by atoms with Gasteiger partial charge in [0.25, 0.3) is 5.91 Å². The monoisotopic (exact) mass is 460 g/mol. The molecule has 8 nitrogen and oxygen atoms in total. The number of benzene rings is 2. The summed E-state index contributed by atoms with van der Waals surface area (Å²) in [5.74, 6) is -0.576. The summed E-state index contributed by atoms with van der Waals surface area (Å²) in [6, 6.07) is 12.9. The Balaban J connectivity index is 1.38. The van der Waals surface area contributed by atoms with Crippen LogP contribution < -0.4 is 11.1 Å². The van der Waals surface area contributed by atoms with Crippen LogP contribution >= 0.6 is 0 Å². The Labute approximate surface area is 196 Å². The van der Waals surface area contributed by atoms with Gasteiger partial charge in [0.15, 0.2) is 5.58 Å². The molecule has 1 fully saturated rings. The molecule has 176 valence electrons. The molecule has 1 aliphatic rings. The molecule has 0 saturated carbocycles. The summed E-state index contributed by atoms with van der Waals surface area (Å²) in [6.07, 6.45) is 3.08. The van der Waals surface area contributed by atoms with E-state index >= 15 is 0 Å². The number of aromatic nitrogens is 2. The van der Waals surface area contributed by atoms with E-state index in [1.807, 2.05) is 12.1 Å². The van der Waals surface area contributed by atoms with Gasteiger partial charge in [0, 0.05) is 29.7 Å². The molecule has 5 rings (SSSR count). The number of rotatable bonds is 5. The van der Waals surface area contributed by atoms with E-state index in [9.17, 15) is 14.4 Å². The second kappa shape index (κ2) is 8.85. The summed E-state index contributed by atoms with van der Waals surface area (Å²) in [4.78, 5) is 43.0. The fourth-order valence-corrected chi connectivity index (χ4v) is 4.49. The smallest absolute Gasteiger partial charge is 0.408 e. The van der Waals surface area contributed by atoms with Crippen molar-refractivity contribution in [1.82, 2.24) is 14.5 Å². The van der Waals surface area contributed by atoms with Gasteiger partial charge in [-0.3, -0.25) is 14.2 Å². The molecule has 2 amide bonds. The Bertz CT molecular complexity index is 1440. The third-order valence-corrected chi connectivity index (χ3v) is 6.49. The Hall–Kier alpha value is -3.81. The van der Waals surface area contributed by atoms with Crippen LogP contribution in [0.1, 0.15) is 55.1 Å². The van der Waals surface area contributed by atoms with Gasteiger partial charge >= 0.3 is 5.76 Å². The first-order chi connectivity index (χ1) is 16.4. The zero-order valence-corrected chi connectivity index (χ0v) is 19.4. The molecule has 2 aromatic heterocycles. The number of oxazole rings is 1. The van der Waals surface area contributed by atoms with Gasteiger partial charge in [0.2, 0.25) is 5.91 Å². The maximum Gasteiger partial charge on any atom is 0.420 e. The zero-order chi connectivity index (χ0) is 23.8. The molecule has 4 aromatic rings. The molecular formula is C26H28N4O4. The van der Waals surface area contributed by atoms with Crippen molar-refractivity contribution in [3.8, 4) is 0 Å². The second-order valence-corrected chi connectivity index (χ2v) is 9.22. The molecule has 2 aromatic carbocycles. The molecule has 0 radical (unpaired) electrons. The lowest BCUT2D eigenvalue weighted by Gasteiger charge is -2.26. The van der Waals surface area contributed by atoms with Crippen molar-refractivity contribution in [2.45, 2.75) is 45.6 Å². The Kier molecular flexibility index (Phi) is 5.73. The van der Waals surface area contributed by atoms with E-state index in [-0.39, 0.29) is 18.4 Å². The molecule has 34 heavy (non-hydrogen) atoms. The summed E-state index contributed by atoms with van der Waals surface area (Å²) in [5.41, 5.74) is 3.92. The van der Waals surface area contributed by atoms with Crippen molar-refractivity contribution in [1.29, 1.82) is 0 Å². The number of carbonyl (C=O) groups excluding carboxylic acids is 2. The normalized spacial score (nSPS) is 14.3. The number of anilines is 1. The Morgan fingerprint density at radius 1 is 1.06 bits per heavy atom. The number of nitrogens with zero attached hydrogens (tertiary/aromatic N) is 2. The maximum absolute atomic E-state index is 12.9. The van der Waals surface area contributed by atoms with Crippen LogP contribution in [0.4, 0.5) is 5.69 Å². The summed E-state index contributed by atoms with van der Waals surface area (Å²) >= 11 is 0. The molecule has 0 spiro atoms. The first kappa shape index (κ1) is 22.0. The van der Waals surface area contributed by atoms with Crippen molar-refractivity contribution in [2.24, 2.45) is 0 Å². The molecule has 8 heteroatoms. The lowest BCUT2D eigenvalue weighted by Crippen LogP contribution is -2.39. The highest BCUT2D eigenvalue weighted by molar-refractivity contribution is 6.06. The number of nitrogens with one attached hydrogen (secondary N) is 2. The van der Waals surface area contributed by atoms with Gasteiger partial charge in [-0.05, 0) is 61.1 Å². The average molecular weight is 461 g/mol. The number of piperidine rings is 1. The maximum atomic E-state index is 12.9. The van der Waals surface area contributed by atoms with Crippen LogP contribution in [0.5, 0.6) is 0 Å². The largest absolute Gasteiger partial charge is 0.420 e. The lowest BCUT2D eigenvalue weighted by molar-refractivity contribution is -0.132. The number of aromatic amines is 1. The summed E-state index contributed by atoms with van der Waals surface area (Å²) < 4.78 is 6.65. The number of hydrogen-bond donors (Lipinski definition) is 2. The van der Waals surface area contributed by atoms with Crippen LogP contribution in [0.2, 0.25) is 0 Å². The molecule has 2 N–H and O–H groups in total. The number of hydrogen-bond acceptors (Lipinski definition) is 4. The number of amides is 2. The highest BCUT2D eigenvalue weighted by atomic mass is 16.4. The average Bonchev–Trinajstić information content (AvgIpc) is 3.40. The second-order valence-electron chi connectivity index (χ2n) is 9.22. The first-order valence-corrected chi connectivity index (χ1v) is 11.7. The van der Waals surface area contributed by atoms with E-state index in [2.05, 4.69) is 36.3 Å². The van der Waals surface area contributed by atoms with Crippen molar-refractivity contribution < 1.29 is 14.0 Å². The number of likely N-dealkylation sites (tertiary alicyclic amines) is 1. The zero-order valence-electron chi connectivity index (χ0n) is 19.4. The third kappa shape index (κ3) is 4.23. The van der Waals surface area contributed by atoms with E-state index in [1.54, 1.807) is 23.1 Å². The highest BCUT2D eigenvalue weighted by Crippen LogP contribution is 2.23. The van der Waals surface area contributed by atoms with Gasteiger partial charge < -0.3 is 19.6 Å². The van der Waals surface area contributed by atoms with E-state index < -0.39 is 5.76 Å². The molecule has 0 unspecified atom stereocenters. The lowest BCUT2D eigenvalue weighted by atomic mass is 10.0. The molecule has 1 saturated heterocycles. The van der Waals surface area contributed by atoms with Gasteiger partial charge in [-0.1, -0.05) is 26.0 Å². The summed E-state index contributed by atoms with van der Waals surface area (Å²) in [7, 11) is 0. The van der Waals surface area contributed by atoms with E-state index in [4.69, 9.17) is 4.42 Å². The van der Waals surface area contributed by atoms with Crippen molar-refractivity contribution in [3.05, 3.63) is 64.3 Å². The van der Waals surface area contributed by atoms with Crippen LogP contribution in [-0.2, 0) is 11.3 Å². The van der Waals surface area contributed by atoms with E-state index in [0.717, 1.165) is 30.2 Å². The first-order valence-electron chi connectivity index (χ1n) is 11.7. The summed E-state index contributed by atoms with van der Waals surface area (Å²) in [6.45, 7) is 5.61. The van der Waals surface area contributed by atoms with Crippen LogP contribution in [0.25, 0.3) is 22.0 Å². The van der Waals surface area contributed by atoms with Crippen molar-refractivity contribution in [2.75, 3.05) is 18.4 Å². The van der Waals surface area contributed by atoms with Crippen molar-refractivity contribution in [3.63, 3.8) is 0 Å². The number of H-pyrrole nitrogens is 1. The van der Waals surface area contributed by atoms with Gasteiger partial charge in [-0.2, -0.15) is 0 Å². The number of carbonyl (C=O) groups is 2. The van der Waals surface area contributed by atoms with Gasteiger partial charge in [-0.25, -0.2) is 4.79 Å². The molecule has 3 heterocycles. The van der Waals surface area contributed by atoms with Crippen LogP contribution in [0, 0.1) is 0 Å². The fraction of sp³-hybridized carbons (Fsp3) is 0.346. The van der Waals surface area contributed by atoms with E-state index in [0.29, 0.717) is 41.5 Å². The van der Waals surface area contributed by atoms with Gasteiger partial charge in [-0.15, -0.1) is 0 Å². The predicted octanol–water partition coefficient (Wildman–Crippen LogP) is 4.46. The highest BCUT2D eigenvalue weighted by Gasteiger charge is 2.20. The van der Waals surface area contributed by atoms with Crippen LogP contribution in [0.15, 0.2) is 51.7 Å². The Morgan fingerprint density at radius 2 is 1.85 bits per heavy atom. The quantitative estimate of drug-likeness (QED) is 0.459. The van der Waals surface area contributed by atoms with Crippen molar-refractivity contribution >= 4 is 39.5 Å². The van der Waals surface area contributed by atoms with Crippen LogP contribution in [-0.4, -0.2) is 39.4 Å². The minimum absolute atomic E-state index is 0.0799. The predicted molar refractivity (Wildman–Crippen MR) is 131 cm³/mol. The minimum atomic E-state index is -0.583. The van der Waals surface area contributed by atoms with Gasteiger partial charge in [0.1, 0.15) is 12.2 Å². The number of fused-ring (bicyclic) bond motifs is 2. The van der Waals surface area contributed by atoms with E-state index in [1.165, 1.54) is 10.1 Å².